The third-order valence-corrected chi connectivity index (χ3v) is 8.56. The second-order valence-corrected chi connectivity index (χ2v) is 11.5. The number of nitrogens with zero attached hydrogens (tertiary/aromatic N) is 3. The predicted octanol–water partition coefficient (Wildman–Crippen LogP) is 3.68. The van der Waals surface area contributed by atoms with Crippen molar-refractivity contribution in [1.29, 1.82) is 0 Å². The van der Waals surface area contributed by atoms with Gasteiger partial charge in [0.15, 0.2) is 15.6 Å². The fourth-order valence-electron chi connectivity index (χ4n) is 4.18. The first-order chi connectivity index (χ1) is 15.3. The molecule has 1 aliphatic rings. The standard InChI is InChI=1S/C23H27N3O4S2/c1-16-12-20(17(2)26(16)10-8-18-6-4-3-5-7-18)21(27)14-31-23-25-24-22(30-23)13-19-9-11-32(28,29)15-19/h3-7,12,19H,8-11,13-15H2,1-2H3. The van der Waals surface area contributed by atoms with Crippen molar-refractivity contribution in [3.8, 4) is 0 Å². The van der Waals surface area contributed by atoms with E-state index in [1.165, 1.54) is 17.3 Å². The fourth-order valence-corrected chi connectivity index (χ4v) is 6.70. The summed E-state index contributed by atoms with van der Waals surface area (Å²) in [4.78, 5) is 12.8. The molecule has 3 aromatic rings. The second-order valence-electron chi connectivity index (χ2n) is 8.32. The monoisotopic (exact) mass is 473 g/mol. The van der Waals surface area contributed by atoms with Crippen LogP contribution in [0.2, 0.25) is 0 Å². The van der Waals surface area contributed by atoms with Gasteiger partial charge in [0.25, 0.3) is 5.22 Å². The Morgan fingerprint density at radius 3 is 2.72 bits per heavy atom. The third-order valence-electron chi connectivity index (χ3n) is 5.91. The Hall–Kier alpha value is -2.39. The number of Topliss-reactive ketones (excluding diaryl/α,β-unsaturated/α-hetero) is 1. The molecule has 2 aromatic heterocycles. The van der Waals surface area contributed by atoms with Gasteiger partial charge in [-0.3, -0.25) is 4.79 Å². The highest BCUT2D eigenvalue weighted by Crippen LogP contribution is 2.25. The third kappa shape index (κ3) is 5.50. The van der Waals surface area contributed by atoms with E-state index in [1.54, 1.807) is 0 Å². The van der Waals surface area contributed by atoms with Gasteiger partial charge in [0, 0.05) is 29.9 Å². The van der Waals surface area contributed by atoms with Crippen molar-refractivity contribution in [3.05, 3.63) is 64.8 Å². The number of aromatic nitrogens is 3. The Kier molecular flexibility index (Phi) is 6.85. The number of rotatable bonds is 9. The summed E-state index contributed by atoms with van der Waals surface area (Å²) in [6, 6.07) is 12.3. The van der Waals surface area contributed by atoms with E-state index in [9.17, 15) is 13.2 Å². The Morgan fingerprint density at radius 1 is 1.22 bits per heavy atom. The first-order valence-corrected chi connectivity index (χ1v) is 13.5. The van der Waals surface area contributed by atoms with Crippen LogP contribution in [0.25, 0.3) is 0 Å². The molecule has 1 fully saturated rings. The van der Waals surface area contributed by atoms with Crippen LogP contribution >= 0.6 is 11.8 Å². The van der Waals surface area contributed by atoms with Crippen LogP contribution in [-0.2, 0) is 29.2 Å². The number of sulfone groups is 1. The predicted molar refractivity (Wildman–Crippen MR) is 124 cm³/mol. The Labute approximate surface area is 192 Å². The molecule has 9 heteroatoms. The van der Waals surface area contributed by atoms with Gasteiger partial charge in [-0.1, -0.05) is 42.1 Å². The molecule has 1 aliphatic heterocycles. The zero-order valence-electron chi connectivity index (χ0n) is 18.3. The molecular weight excluding hydrogens is 446 g/mol. The van der Waals surface area contributed by atoms with Crippen molar-refractivity contribution in [2.24, 2.45) is 5.92 Å². The number of carbonyl (C=O) groups excluding carboxylic acids is 1. The smallest absolute Gasteiger partial charge is 0.277 e. The van der Waals surface area contributed by atoms with E-state index in [0.717, 1.165) is 29.9 Å². The average molecular weight is 474 g/mol. The maximum absolute atomic E-state index is 12.8. The Bertz CT molecular complexity index is 1200. The second kappa shape index (κ2) is 9.62. The molecule has 7 nitrogen and oxygen atoms in total. The minimum absolute atomic E-state index is 0.0238. The van der Waals surface area contributed by atoms with E-state index in [1.807, 2.05) is 38.1 Å². The molecule has 1 saturated heterocycles. The van der Waals surface area contributed by atoms with Crippen LogP contribution in [0.4, 0.5) is 0 Å². The first-order valence-electron chi connectivity index (χ1n) is 10.7. The molecule has 0 radical (unpaired) electrons. The fraction of sp³-hybridized carbons (Fsp3) is 0.435. The molecule has 3 heterocycles. The normalized spacial score (nSPS) is 17.6. The molecule has 0 N–H and O–H groups in total. The van der Waals surface area contributed by atoms with Gasteiger partial charge in [0.05, 0.1) is 17.3 Å². The molecule has 32 heavy (non-hydrogen) atoms. The zero-order valence-corrected chi connectivity index (χ0v) is 19.9. The minimum atomic E-state index is -2.93. The summed E-state index contributed by atoms with van der Waals surface area (Å²) in [7, 11) is -2.93. The highest BCUT2D eigenvalue weighted by Gasteiger charge is 2.29. The number of carbonyl (C=O) groups is 1. The summed E-state index contributed by atoms with van der Waals surface area (Å²) >= 11 is 1.22. The highest BCUT2D eigenvalue weighted by molar-refractivity contribution is 7.99. The van der Waals surface area contributed by atoms with Crippen LogP contribution in [0.1, 0.15) is 39.6 Å². The summed E-state index contributed by atoms with van der Waals surface area (Å²) < 4.78 is 31.0. The molecule has 0 spiro atoms. The summed E-state index contributed by atoms with van der Waals surface area (Å²) in [6.07, 6.45) is 2.00. The number of hydrogen-bond donors (Lipinski definition) is 0. The molecule has 0 aliphatic carbocycles. The lowest BCUT2D eigenvalue weighted by Gasteiger charge is -2.10. The summed E-state index contributed by atoms with van der Waals surface area (Å²) in [5.41, 5.74) is 4.03. The van der Waals surface area contributed by atoms with Crippen LogP contribution in [-0.4, -0.2) is 46.2 Å². The highest BCUT2D eigenvalue weighted by atomic mass is 32.2. The lowest BCUT2D eigenvalue weighted by Crippen LogP contribution is -2.08. The molecule has 170 valence electrons. The van der Waals surface area contributed by atoms with Gasteiger partial charge in [-0.25, -0.2) is 8.42 Å². The van der Waals surface area contributed by atoms with Crippen LogP contribution in [0.5, 0.6) is 0 Å². The van der Waals surface area contributed by atoms with Crippen molar-refractivity contribution >= 4 is 27.4 Å². The molecule has 4 rings (SSSR count). The first kappa shape index (κ1) is 22.8. The average Bonchev–Trinajstić information content (AvgIpc) is 3.43. The lowest BCUT2D eigenvalue weighted by atomic mass is 10.1. The van der Waals surface area contributed by atoms with Crippen LogP contribution < -0.4 is 0 Å². The van der Waals surface area contributed by atoms with Crippen molar-refractivity contribution < 1.29 is 17.6 Å². The van der Waals surface area contributed by atoms with Gasteiger partial charge in [0.2, 0.25) is 5.89 Å². The molecular formula is C23H27N3O4S2. The molecule has 0 amide bonds. The number of hydrogen-bond acceptors (Lipinski definition) is 7. The molecule has 1 atom stereocenters. The maximum Gasteiger partial charge on any atom is 0.277 e. The minimum Gasteiger partial charge on any atom is -0.416 e. The zero-order chi connectivity index (χ0) is 22.7. The van der Waals surface area contributed by atoms with Crippen molar-refractivity contribution in [3.63, 3.8) is 0 Å². The number of benzene rings is 1. The lowest BCUT2D eigenvalue weighted by molar-refractivity contribution is 0.102. The number of ketones is 1. The summed E-state index contributed by atoms with van der Waals surface area (Å²) in [5.74, 6) is 1.10. The van der Waals surface area contributed by atoms with E-state index in [2.05, 4.69) is 26.9 Å². The van der Waals surface area contributed by atoms with Gasteiger partial charge in [-0.15, -0.1) is 10.2 Å². The van der Waals surface area contributed by atoms with Gasteiger partial charge >= 0.3 is 0 Å². The van der Waals surface area contributed by atoms with Crippen LogP contribution in [0, 0.1) is 19.8 Å². The topological polar surface area (TPSA) is 95.1 Å². The largest absolute Gasteiger partial charge is 0.416 e. The number of aryl methyl sites for hydroxylation is 2. The molecule has 0 bridgehead atoms. The molecule has 1 unspecified atom stereocenters. The quantitative estimate of drug-likeness (QED) is 0.345. The molecule has 0 saturated carbocycles. The van der Waals surface area contributed by atoms with Crippen molar-refractivity contribution in [2.45, 2.75) is 44.9 Å². The van der Waals surface area contributed by atoms with Gasteiger partial charge in [-0.2, -0.15) is 0 Å². The molecule has 1 aromatic carbocycles. The van der Waals surface area contributed by atoms with Crippen LogP contribution in [0.15, 0.2) is 46.0 Å². The van der Waals surface area contributed by atoms with Gasteiger partial charge in [0.1, 0.15) is 0 Å². The van der Waals surface area contributed by atoms with E-state index < -0.39 is 9.84 Å². The van der Waals surface area contributed by atoms with Crippen molar-refractivity contribution in [2.75, 3.05) is 17.3 Å². The van der Waals surface area contributed by atoms with E-state index in [-0.39, 0.29) is 29.0 Å². The SMILES string of the molecule is Cc1cc(C(=O)CSc2nnc(CC3CCS(=O)(=O)C3)o2)c(C)n1CCc1ccccc1. The van der Waals surface area contributed by atoms with Crippen molar-refractivity contribution in [1.82, 2.24) is 14.8 Å². The van der Waals surface area contributed by atoms with Crippen LogP contribution in [0.3, 0.4) is 0 Å². The summed E-state index contributed by atoms with van der Waals surface area (Å²) in [6.45, 7) is 4.83. The van der Waals surface area contributed by atoms with Gasteiger partial charge < -0.3 is 8.98 Å². The van der Waals surface area contributed by atoms with E-state index in [0.29, 0.717) is 24.0 Å². The number of thioether (sulfide) groups is 1. The van der Waals surface area contributed by atoms with E-state index >= 15 is 0 Å². The van der Waals surface area contributed by atoms with Gasteiger partial charge in [-0.05, 0) is 44.2 Å². The maximum atomic E-state index is 12.8. The Balaban J connectivity index is 1.33. The Morgan fingerprint density at radius 2 is 2.00 bits per heavy atom. The van der Waals surface area contributed by atoms with E-state index in [4.69, 9.17) is 4.42 Å². The summed E-state index contributed by atoms with van der Waals surface area (Å²) in [5, 5.41) is 8.37.